The molecule has 22 heavy (non-hydrogen) atoms. The summed E-state index contributed by atoms with van der Waals surface area (Å²) >= 11 is 0. The topological polar surface area (TPSA) is 71.7 Å². The van der Waals surface area contributed by atoms with Crippen molar-refractivity contribution in [3.05, 3.63) is 17.0 Å². The second kappa shape index (κ2) is 11.1. The highest BCUT2D eigenvalue weighted by Crippen LogP contribution is 2.11. The molecule has 0 aliphatic carbocycles. The minimum atomic E-state index is 0.795. The summed E-state index contributed by atoms with van der Waals surface area (Å²) in [6, 6.07) is 0. The highest BCUT2D eigenvalue weighted by molar-refractivity contribution is 5.79. The molecule has 0 amide bonds. The molecule has 0 saturated heterocycles. The fourth-order valence-corrected chi connectivity index (χ4v) is 2.11. The van der Waals surface area contributed by atoms with Crippen molar-refractivity contribution in [2.75, 3.05) is 33.4 Å². The Kier molecular flexibility index (Phi) is 9.30. The molecule has 0 spiro atoms. The summed E-state index contributed by atoms with van der Waals surface area (Å²) in [5, 5.41) is 10.6. The molecule has 0 saturated carbocycles. The van der Waals surface area contributed by atoms with Gasteiger partial charge in [-0.15, -0.1) is 0 Å². The van der Waals surface area contributed by atoms with E-state index in [1.54, 1.807) is 7.05 Å². The number of nitrogens with zero attached hydrogens (tertiary/aromatic N) is 2. The normalized spacial score (nSPS) is 11.7. The Hall–Kier alpha value is -1.56. The molecule has 0 unspecified atom stereocenters. The van der Waals surface area contributed by atoms with E-state index < -0.39 is 0 Å². The van der Waals surface area contributed by atoms with E-state index in [1.165, 1.54) is 12.0 Å². The molecule has 1 rings (SSSR count). The first-order valence-corrected chi connectivity index (χ1v) is 8.13. The van der Waals surface area contributed by atoms with Crippen LogP contribution in [0.15, 0.2) is 9.52 Å². The monoisotopic (exact) mass is 310 g/mol. The zero-order chi connectivity index (χ0) is 16.2. The SMILES string of the molecule is CCCCOCCCNC(=NC)NCCc1c(C)noc1C. The van der Waals surface area contributed by atoms with Crippen molar-refractivity contribution in [3.63, 3.8) is 0 Å². The molecule has 0 aromatic carbocycles. The molecule has 6 nitrogen and oxygen atoms in total. The van der Waals surface area contributed by atoms with Crippen LogP contribution >= 0.6 is 0 Å². The number of hydrogen-bond donors (Lipinski definition) is 2. The summed E-state index contributed by atoms with van der Waals surface area (Å²) in [6.07, 6.45) is 4.18. The number of rotatable bonds is 10. The number of nitrogens with one attached hydrogen (secondary N) is 2. The zero-order valence-electron chi connectivity index (χ0n) is 14.4. The minimum absolute atomic E-state index is 0.795. The van der Waals surface area contributed by atoms with Gasteiger partial charge in [0.05, 0.1) is 5.69 Å². The Morgan fingerprint density at radius 2 is 1.91 bits per heavy atom. The first-order valence-electron chi connectivity index (χ1n) is 8.13. The Morgan fingerprint density at radius 1 is 1.18 bits per heavy atom. The van der Waals surface area contributed by atoms with Crippen molar-refractivity contribution in [1.82, 2.24) is 15.8 Å². The van der Waals surface area contributed by atoms with Crippen molar-refractivity contribution in [2.45, 2.75) is 46.5 Å². The zero-order valence-corrected chi connectivity index (χ0v) is 14.4. The number of ether oxygens (including phenoxy) is 1. The fourth-order valence-electron chi connectivity index (χ4n) is 2.11. The van der Waals surface area contributed by atoms with Gasteiger partial charge in [-0.1, -0.05) is 18.5 Å². The molecule has 0 radical (unpaired) electrons. The molecule has 1 aromatic heterocycles. The van der Waals surface area contributed by atoms with E-state index in [1.807, 2.05) is 13.8 Å². The smallest absolute Gasteiger partial charge is 0.190 e. The summed E-state index contributed by atoms with van der Waals surface area (Å²) in [5.41, 5.74) is 2.14. The lowest BCUT2D eigenvalue weighted by Gasteiger charge is -2.11. The molecular weight excluding hydrogens is 280 g/mol. The van der Waals surface area contributed by atoms with E-state index in [0.717, 1.165) is 63.0 Å². The predicted molar refractivity (Wildman–Crippen MR) is 89.4 cm³/mol. The average Bonchev–Trinajstić information content (AvgIpc) is 2.84. The van der Waals surface area contributed by atoms with Crippen LogP contribution in [0.2, 0.25) is 0 Å². The minimum Gasteiger partial charge on any atom is -0.381 e. The van der Waals surface area contributed by atoms with E-state index in [9.17, 15) is 0 Å². The van der Waals surface area contributed by atoms with Crippen LogP contribution in [-0.2, 0) is 11.2 Å². The van der Waals surface area contributed by atoms with Gasteiger partial charge < -0.3 is 19.9 Å². The van der Waals surface area contributed by atoms with E-state index in [2.05, 4.69) is 27.7 Å². The van der Waals surface area contributed by atoms with Crippen molar-refractivity contribution >= 4 is 5.96 Å². The molecule has 126 valence electrons. The third kappa shape index (κ3) is 6.93. The molecule has 2 N–H and O–H groups in total. The molecule has 0 aliphatic rings. The fraction of sp³-hybridized carbons (Fsp3) is 0.750. The van der Waals surface area contributed by atoms with Crippen molar-refractivity contribution in [1.29, 1.82) is 0 Å². The number of aliphatic imine (C=N–C) groups is 1. The lowest BCUT2D eigenvalue weighted by Crippen LogP contribution is -2.39. The van der Waals surface area contributed by atoms with Crippen molar-refractivity contribution in [2.24, 2.45) is 4.99 Å². The van der Waals surface area contributed by atoms with Gasteiger partial charge >= 0.3 is 0 Å². The van der Waals surface area contributed by atoms with E-state index in [4.69, 9.17) is 9.26 Å². The Labute approximate surface area is 133 Å². The second-order valence-electron chi connectivity index (χ2n) is 5.30. The van der Waals surface area contributed by atoms with Gasteiger partial charge in [-0.3, -0.25) is 4.99 Å². The third-order valence-corrected chi connectivity index (χ3v) is 3.47. The Morgan fingerprint density at radius 3 is 2.55 bits per heavy atom. The molecule has 1 heterocycles. The van der Waals surface area contributed by atoms with Crippen LogP contribution in [0.1, 0.15) is 43.2 Å². The predicted octanol–water partition coefficient (Wildman–Crippen LogP) is 2.21. The van der Waals surface area contributed by atoms with Crippen LogP contribution in [0.4, 0.5) is 0 Å². The number of hydrogen-bond acceptors (Lipinski definition) is 4. The van der Waals surface area contributed by atoms with Crippen LogP contribution in [0, 0.1) is 13.8 Å². The van der Waals surface area contributed by atoms with Gasteiger partial charge in [0.25, 0.3) is 0 Å². The van der Waals surface area contributed by atoms with Crippen molar-refractivity contribution < 1.29 is 9.26 Å². The molecule has 0 atom stereocenters. The summed E-state index contributed by atoms with van der Waals surface area (Å²) in [6.45, 7) is 9.40. The molecule has 0 aliphatic heterocycles. The van der Waals surface area contributed by atoms with Gasteiger partial charge in [0.2, 0.25) is 0 Å². The molecule has 0 bridgehead atoms. The van der Waals surface area contributed by atoms with Crippen LogP contribution in [0.3, 0.4) is 0 Å². The van der Waals surface area contributed by atoms with Gasteiger partial charge in [0.15, 0.2) is 5.96 Å². The maximum atomic E-state index is 5.53. The van der Waals surface area contributed by atoms with Crippen LogP contribution in [-0.4, -0.2) is 44.5 Å². The third-order valence-electron chi connectivity index (χ3n) is 3.47. The highest BCUT2D eigenvalue weighted by atomic mass is 16.5. The largest absolute Gasteiger partial charge is 0.381 e. The second-order valence-corrected chi connectivity index (χ2v) is 5.30. The maximum absolute atomic E-state index is 5.53. The molecule has 1 aromatic rings. The van der Waals surface area contributed by atoms with E-state index in [-0.39, 0.29) is 0 Å². The molecule has 0 fully saturated rings. The first kappa shape index (κ1) is 18.5. The Bertz CT molecular complexity index is 424. The van der Waals surface area contributed by atoms with Gasteiger partial charge in [-0.25, -0.2) is 0 Å². The summed E-state index contributed by atoms with van der Waals surface area (Å²) in [5.74, 6) is 1.71. The van der Waals surface area contributed by atoms with E-state index in [0.29, 0.717) is 0 Å². The van der Waals surface area contributed by atoms with Crippen molar-refractivity contribution in [3.8, 4) is 0 Å². The number of unbranched alkanes of at least 4 members (excludes halogenated alkanes) is 1. The Balaban J connectivity index is 2.13. The lowest BCUT2D eigenvalue weighted by atomic mass is 10.1. The highest BCUT2D eigenvalue weighted by Gasteiger charge is 2.08. The number of guanidine groups is 1. The van der Waals surface area contributed by atoms with Gasteiger partial charge in [-0.05, 0) is 33.1 Å². The van der Waals surface area contributed by atoms with Gasteiger partial charge in [0.1, 0.15) is 5.76 Å². The summed E-state index contributed by atoms with van der Waals surface area (Å²) in [7, 11) is 1.78. The van der Waals surface area contributed by atoms with Gasteiger partial charge in [0, 0.05) is 38.9 Å². The number of aromatic nitrogens is 1. The number of aryl methyl sites for hydroxylation is 2. The van der Waals surface area contributed by atoms with Crippen LogP contribution < -0.4 is 10.6 Å². The van der Waals surface area contributed by atoms with E-state index >= 15 is 0 Å². The molecule has 6 heteroatoms. The van der Waals surface area contributed by atoms with Gasteiger partial charge in [-0.2, -0.15) is 0 Å². The average molecular weight is 310 g/mol. The summed E-state index contributed by atoms with van der Waals surface area (Å²) < 4.78 is 10.7. The molecular formula is C16H30N4O2. The summed E-state index contributed by atoms with van der Waals surface area (Å²) in [4.78, 5) is 4.21. The lowest BCUT2D eigenvalue weighted by molar-refractivity contribution is 0.129. The van der Waals surface area contributed by atoms with Crippen LogP contribution in [0.5, 0.6) is 0 Å². The quantitative estimate of drug-likeness (QED) is 0.394. The first-order chi connectivity index (χ1) is 10.7. The van der Waals surface area contributed by atoms with Crippen LogP contribution in [0.25, 0.3) is 0 Å². The standard InChI is InChI=1S/C16H30N4O2/c1-5-6-11-21-12-7-9-18-16(17-4)19-10-8-15-13(2)20-22-14(15)3/h5-12H2,1-4H3,(H2,17,18,19). The maximum Gasteiger partial charge on any atom is 0.190 e.